The maximum absolute atomic E-state index is 10.6. The molecule has 0 atom stereocenters. The molecule has 2 N–H and O–H groups in total. The Morgan fingerprint density at radius 3 is 2.67 bits per heavy atom. The lowest BCUT2D eigenvalue weighted by Crippen LogP contribution is -2.09. The first-order valence-corrected chi connectivity index (χ1v) is 8.38. The Kier molecular flexibility index (Phi) is 5.43. The van der Waals surface area contributed by atoms with Gasteiger partial charge in [-0.05, 0) is 37.3 Å². The van der Waals surface area contributed by atoms with Gasteiger partial charge in [0.05, 0.1) is 10.6 Å². The van der Waals surface area contributed by atoms with E-state index in [1.54, 1.807) is 19.1 Å². The van der Waals surface area contributed by atoms with Gasteiger partial charge in [-0.2, -0.15) is 0 Å². The first kappa shape index (κ1) is 18.9. The molecule has 0 saturated carbocycles. The summed E-state index contributed by atoms with van der Waals surface area (Å²) in [5.41, 5.74) is 0.736. The second-order valence-corrected chi connectivity index (χ2v) is 6.31. The fraction of sp³-hybridized carbons (Fsp3) is 0.111. The number of benzene rings is 2. The number of phenolic OH excluding ortho intramolecular Hbond substituents is 1. The molecule has 0 unspecified atom stereocenters. The fourth-order valence-corrected chi connectivity index (χ4v) is 2.71. The minimum absolute atomic E-state index is 0.181. The van der Waals surface area contributed by atoms with Gasteiger partial charge in [-0.3, -0.25) is 0 Å². The third-order valence-corrected chi connectivity index (χ3v) is 4.02. The van der Waals surface area contributed by atoms with Gasteiger partial charge in [0.2, 0.25) is 5.76 Å². The van der Waals surface area contributed by atoms with Crippen LogP contribution >= 0.6 is 23.2 Å². The predicted octanol–water partition coefficient (Wildman–Crippen LogP) is 4.92. The molecule has 0 aliphatic heterocycles. The number of carboxylic acid groups (broad SMARTS) is 1. The molecule has 0 fully saturated rings. The largest absolute Gasteiger partial charge is 0.507 e. The Morgan fingerprint density at radius 2 is 2.00 bits per heavy atom. The van der Waals surface area contributed by atoms with Crippen molar-refractivity contribution in [2.24, 2.45) is 0 Å². The van der Waals surface area contributed by atoms with Crippen LogP contribution in [-0.2, 0) is 4.79 Å². The van der Waals surface area contributed by atoms with Gasteiger partial charge >= 0.3 is 5.97 Å². The molecular formula is C18H13Cl2NO6. The van der Waals surface area contributed by atoms with Gasteiger partial charge in [0.25, 0.3) is 0 Å². The quantitative estimate of drug-likeness (QED) is 0.595. The molecule has 0 aliphatic rings. The van der Waals surface area contributed by atoms with Crippen molar-refractivity contribution in [1.29, 1.82) is 0 Å². The zero-order chi connectivity index (χ0) is 19.6. The molecule has 9 heteroatoms. The van der Waals surface area contributed by atoms with E-state index in [1.165, 1.54) is 24.3 Å². The smallest absolute Gasteiger partial charge is 0.341 e. The fourth-order valence-electron chi connectivity index (χ4n) is 2.26. The molecule has 1 aromatic heterocycles. The van der Waals surface area contributed by atoms with Gasteiger partial charge in [0.15, 0.2) is 12.4 Å². The molecule has 0 bridgehead atoms. The van der Waals surface area contributed by atoms with E-state index < -0.39 is 12.6 Å². The minimum Gasteiger partial charge on any atom is -0.507 e. The highest BCUT2D eigenvalue weighted by Gasteiger charge is 2.21. The van der Waals surface area contributed by atoms with E-state index in [2.05, 4.69) is 5.16 Å². The summed E-state index contributed by atoms with van der Waals surface area (Å²) in [5, 5.41) is 23.6. The summed E-state index contributed by atoms with van der Waals surface area (Å²) in [6.07, 6.45) is 0. The molecule has 0 saturated heterocycles. The van der Waals surface area contributed by atoms with Crippen LogP contribution < -0.4 is 9.47 Å². The number of aryl methyl sites for hydroxylation is 1. The molecule has 0 aliphatic carbocycles. The number of carboxylic acids is 1. The Balaban J connectivity index is 1.93. The molecule has 2 aromatic carbocycles. The van der Waals surface area contributed by atoms with Crippen molar-refractivity contribution in [3.63, 3.8) is 0 Å². The third-order valence-electron chi connectivity index (χ3n) is 3.49. The normalized spacial score (nSPS) is 10.6. The van der Waals surface area contributed by atoms with Crippen LogP contribution in [0.2, 0.25) is 10.0 Å². The van der Waals surface area contributed by atoms with E-state index in [-0.39, 0.29) is 23.0 Å². The van der Waals surface area contributed by atoms with Gasteiger partial charge in [-0.25, -0.2) is 4.79 Å². The van der Waals surface area contributed by atoms with Crippen LogP contribution in [-0.4, -0.2) is 27.9 Å². The average molecular weight is 410 g/mol. The van der Waals surface area contributed by atoms with Gasteiger partial charge in [0.1, 0.15) is 22.9 Å². The molecule has 1 heterocycles. The first-order chi connectivity index (χ1) is 12.8. The number of hydrogen-bond donors (Lipinski definition) is 2. The highest BCUT2D eigenvalue weighted by molar-refractivity contribution is 6.35. The van der Waals surface area contributed by atoms with Crippen molar-refractivity contribution in [2.75, 3.05) is 6.61 Å². The van der Waals surface area contributed by atoms with Crippen LogP contribution in [0.4, 0.5) is 0 Å². The molecular weight excluding hydrogens is 397 g/mol. The number of aromatic nitrogens is 1. The lowest BCUT2D eigenvalue weighted by molar-refractivity contribution is -0.139. The van der Waals surface area contributed by atoms with Gasteiger partial charge < -0.3 is 24.2 Å². The highest BCUT2D eigenvalue weighted by atomic mass is 35.5. The minimum atomic E-state index is -1.13. The van der Waals surface area contributed by atoms with Gasteiger partial charge in [-0.1, -0.05) is 28.4 Å². The first-order valence-electron chi connectivity index (χ1n) is 7.62. The number of hydrogen-bond acceptors (Lipinski definition) is 6. The number of phenols is 1. The van der Waals surface area contributed by atoms with Crippen LogP contribution in [0.25, 0.3) is 11.3 Å². The van der Waals surface area contributed by atoms with E-state index in [0.717, 1.165) is 0 Å². The number of aromatic hydroxyl groups is 1. The molecule has 3 rings (SSSR count). The van der Waals surface area contributed by atoms with Crippen molar-refractivity contribution in [1.82, 2.24) is 5.16 Å². The third kappa shape index (κ3) is 4.27. The average Bonchev–Trinajstić information content (AvgIpc) is 2.96. The molecule has 27 heavy (non-hydrogen) atoms. The summed E-state index contributed by atoms with van der Waals surface area (Å²) in [4.78, 5) is 10.6. The SMILES string of the molecule is Cc1noc(-c2ccc(OCC(=O)O)cc2O)c1Oc1ccc(Cl)cc1Cl. The number of nitrogens with zero attached hydrogens (tertiary/aromatic N) is 1. The van der Waals surface area contributed by atoms with Crippen molar-refractivity contribution >= 4 is 29.2 Å². The standard InChI is InChI=1S/C18H13Cl2NO6/c1-9-17(26-15-5-2-10(19)6-13(15)20)18(27-21-9)12-4-3-11(7-14(12)22)25-8-16(23)24/h2-7,22H,8H2,1H3,(H,23,24). The molecule has 7 nitrogen and oxygen atoms in total. The van der Waals surface area contributed by atoms with Crippen LogP contribution in [0.5, 0.6) is 23.0 Å². The predicted molar refractivity (Wildman–Crippen MR) is 98.0 cm³/mol. The van der Waals surface area contributed by atoms with Crippen molar-refractivity contribution in [2.45, 2.75) is 6.92 Å². The molecule has 0 amide bonds. The summed E-state index contributed by atoms with van der Waals surface area (Å²) in [6, 6.07) is 9.03. The van der Waals surface area contributed by atoms with E-state index in [0.29, 0.717) is 27.1 Å². The Hall–Kier alpha value is -2.90. The van der Waals surface area contributed by atoms with Gasteiger partial charge in [-0.15, -0.1) is 0 Å². The number of ether oxygens (including phenoxy) is 2. The lowest BCUT2D eigenvalue weighted by atomic mass is 10.1. The van der Waals surface area contributed by atoms with Crippen LogP contribution in [0.1, 0.15) is 5.69 Å². The maximum atomic E-state index is 10.6. The molecule has 140 valence electrons. The Labute approximate surface area is 163 Å². The summed E-state index contributed by atoms with van der Waals surface area (Å²) in [5.74, 6) is -0.330. The number of halogens is 2. The summed E-state index contributed by atoms with van der Waals surface area (Å²) in [6.45, 7) is 1.15. The molecule has 3 aromatic rings. The zero-order valence-electron chi connectivity index (χ0n) is 13.9. The zero-order valence-corrected chi connectivity index (χ0v) is 15.4. The highest BCUT2D eigenvalue weighted by Crippen LogP contribution is 2.42. The monoisotopic (exact) mass is 409 g/mol. The summed E-state index contributed by atoms with van der Waals surface area (Å²) < 4.78 is 16.1. The van der Waals surface area contributed by atoms with E-state index >= 15 is 0 Å². The van der Waals surface area contributed by atoms with E-state index in [1.807, 2.05) is 0 Å². The second-order valence-electron chi connectivity index (χ2n) is 5.46. The summed E-state index contributed by atoms with van der Waals surface area (Å²) in [7, 11) is 0. The van der Waals surface area contributed by atoms with Crippen LogP contribution in [0, 0.1) is 6.92 Å². The van der Waals surface area contributed by atoms with E-state index in [4.69, 9.17) is 42.3 Å². The molecule has 0 radical (unpaired) electrons. The second kappa shape index (κ2) is 7.77. The topological polar surface area (TPSA) is 102 Å². The van der Waals surface area contributed by atoms with Crippen LogP contribution in [0.3, 0.4) is 0 Å². The lowest BCUT2D eigenvalue weighted by Gasteiger charge is -2.10. The van der Waals surface area contributed by atoms with Crippen molar-refractivity contribution < 1.29 is 29.0 Å². The van der Waals surface area contributed by atoms with Crippen molar-refractivity contribution in [3.05, 3.63) is 52.1 Å². The van der Waals surface area contributed by atoms with Gasteiger partial charge in [0, 0.05) is 11.1 Å². The van der Waals surface area contributed by atoms with Crippen LogP contribution in [0.15, 0.2) is 40.9 Å². The number of rotatable bonds is 6. The number of carbonyl (C=O) groups is 1. The molecule has 0 spiro atoms. The van der Waals surface area contributed by atoms with E-state index in [9.17, 15) is 9.90 Å². The Bertz CT molecular complexity index is 1000. The Morgan fingerprint density at radius 1 is 1.22 bits per heavy atom. The van der Waals surface area contributed by atoms with Crippen molar-refractivity contribution in [3.8, 4) is 34.3 Å². The number of aliphatic carboxylic acids is 1. The summed E-state index contributed by atoms with van der Waals surface area (Å²) >= 11 is 12.0. The maximum Gasteiger partial charge on any atom is 0.341 e.